The Bertz CT molecular complexity index is 420. The van der Waals surface area contributed by atoms with Gasteiger partial charge < -0.3 is 11.1 Å². The molecule has 0 radical (unpaired) electrons. The number of aromatic nitrogens is 2. The Morgan fingerprint density at radius 1 is 1.53 bits per heavy atom. The number of anilines is 1. The Morgan fingerprint density at radius 2 is 2.37 bits per heavy atom. The number of rotatable bonds is 5. The van der Waals surface area contributed by atoms with Crippen molar-refractivity contribution in [2.75, 3.05) is 25.0 Å². The molecule has 19 heavy (non-hydrogen) atoms. The van der Waals surface area contributed by atoms with Crippen LogP contribution in [-0.4, -0.2) is 40.4 Å². The van der Waals surface area contributed by atoms with Crippen LogP contribution in [0.3, 0.4) is 0 Å². The van der Waals surface area contributed by atoms with Crippen molar-refractivity contribution in [1.29, 1.82) is 0 Å². The monoisotopic (exact) mass is 263 g/mol. The summed E-state index contributed by atoms with van der Waals surface area (Å²) in [5, 5.41) is 3.11. The Kier molecular flexibility index (Phi) is 4.68. The number of amides is 1. The van der Waals surface area contributed by atoms with Gasteiger partial charge in [0.25, 0.3) is 0 Å². The third kappa shape index (κ3) is 3.89. The van der Waals surface area contributed by atoms with E-state index < -0.39 is 0 Å². The van der Waals surface area contributed by atoms with Crippen LogP contribution in [0.25, 0.3) is 0 Å². The molecular formula is C13H21N5O. The highest BCUT2D eigenvalue weighted by molar-refractivity contribution is 5.76. The minimum atomic E-state index is -0.196. The molecule has 1 fully saturated rings. The summed E-state index contributed by atoms with van der Waals surface area (Å²) in [5.41, 5.74) is 6.30. The largest absolute Gasteiger partial charge is 0.369 e. The van der Waals surface area contributed by atoms with Crippen molar-refractivity contribution >= 4 is 11.7 Å². The van der Waals surface area contributed by atoms with E-state index in [0.717, 1.165) is 50.5 Å². The molecule has 1 amide bonds. The van der Waals surface area contributed by atoms with Gasteiger partial charge in [0, 0.05) is 19.6 Å². The molecule has 3 N–H and O–H groups in total. The van der Waals surface area contributed by atoms with Crippen LogP contribution in [0.1, 0.15) is 25.5 Å². The predicted molar refractivity (Wildman–Crippen MR) is 73.4 cm³/mol. The Balaban J connectivity index is 1.91. The number of likely N-dealkylation sites (tertiary alicyclic amines) is 1. The van der Waals surface area contributed by atoms with Crippen LogP contribution in [0.5, 0.6) is 0 Å². The highest BCUT2D eigenvalue weighted by Gasteiger charge is 2.24. The van der Waals surface area contributed by atoms with Gasteiger partial charge in [-0.1, -0.05) is 0 Å². The average Bonchev–Trinajstić information content (AvgIpc) is 2.42. The van der Waals surface area contributed by atoms with E-state index in [1.54, 1.807) is 12.4 Å². The van der Waals surface area contributed by atoms with E-state index in [9.17, 15) is 4.79 Å². The van der Waals surface area contributed by atoms with Gasteiger partial charge in [-0.05, 0) is 26.3 Å². The molecule has 0 bridgehead atoms. The van der Waals surface area contributed by atoms with Gasteiger partial charge in [-0.15, -0.1) is 0 Å². The molecule has 2 rings (SSSR count). The second-order valence-corrected chi connectivity index (χ2v) is 4.90. The van der Waals surface area contributed by atoms with Crippen molar-refractivity contribution in [2.24, 2.45) is 11.7 Å². The lowest BCUT2D eigenvalue weighted by atomic mass is 9.97. The summed E-state index contributed by atoms with van der Waals surface area (Å²) in [6, 6.07) is 0. The molecule has 1 aromatic rings. The lowest BCUT2D eigenvalue weighted by Crippen LogP contribution is -2.40. The number of nitrogens with two attached hydrogens (primary N) is 1. The number of carbonyl (C=O) groups excluding carboxylic acids is 1. The number of nitrogens with zero attached hydrogens (tertiary/aromatic N) is 3. The molecule has 0 aliphatic carbocycles. The molecule has 1 aliphatic heterocycles. The predicted octanol–water partition coefficient (Wildman–Crippen LogP) is 0.606. The maximum absolute atomic E-state index is 11.2. The standard InChI is InChI=1S/C13H21N5O/c1-2-15-12-7-16-11(6-17-12)9-18-5-3-4-10(8-18)13(14)19/h6-7,10H,2-5,8-9H2,1H3,(H2,14,19)(H,15,17). The fourth-order valence-corrected chi connectivity index (χ4v) is 2.37. The van der Waals surface area contributed by atoms with Crippen LogP contribution >= 0.6 is 0 Å². The third-order valence-corrected chi connectivity index (χ3v) is 3.36. The molecule has 0 aromatic carbocycles. The van der Waals surface area contributed by atoms with E-state index in [0.29, 0.717) is 0 Å². The van der Waals surface area contributed by atoms with Crippen molar-refractivity contribution in [3.05, 3.63) is 18.1 Å². The Hall–Kier alpha value is -1.69. The first-order valence-corrected chi connectivity index (χ1v) is 6.75. The van der Waals surface area contributed by atoms with Crippen LogP contribution in [0, 0.1) is 5.92 Å². The van der Waals surface area contributed by atoms with Crippen LogP contribution < -0.4 is 11.1 Å². The second-order valence-electron chi connectivity index (χ2n) is 4.90. The van der Waals surface area contributed by atoms with Gasteiger partial charge in [0.05, 0.1) is 24.0 Å². The normalized spacial score (nSPS) is 20.2. The Labute approximate surface area is 113 Å². The zero-order valence-electron chi connectivity index (χ0n) is 11.3. The minimum absolute atomic E-state index is 0.0252. The first-order valence-electron chi connectivity index (χ1n) is 6.75. The van der Waals surface area contributed by atoms with Gasteiger partial charge in [0.2, 0.25) is 5.91 Å². The van der Waals surface area contributed by atoms with Crippen LogP contribution in [0.4, 0.5) is 5.82 Å². The summed E-state index contributed by atoms with van der Waals surface area (Å²) in [6.07, 6.45) is 5.44. The molecule has 0 spiro atoms. The van der Waals surface area contributed by atoms with E-state index in [-0.39, 0.29) is 11.8 Å². The lowest BCUT2D eigenvalue weighted by molar-refractivity contribution is -0.123. The number of primary amides is 1. The first kappa shape index (κ1) is 13.7. The minimum Gasteiger partial charge on any atom is -0.369 e. The molecule has 1 aliphatic rings. The fourth-order valence-electron chi connectivity index (χ4n) is 2.37. The summed E-state index contributed by atoms with van der Waals surface area (Å²) in [6.45, 7) is 5.29. The molecule has 0 saturated carbocycles. The number of piperidine rings is 1. The van der Waals surface area contributed by atoms with E-state index in [1.165, 1.54) is 0 Å². The van der Waals surface area contributed by atoms with E-state index >= 15 is 0 Å². The zero-order valence-corrected chi connectivity index (χ0v) is 11.3. The van der Waals surface area contributed by atoms with Crippen LogP contribution in [0.2, 0.25) is 0 Å². The zero-order chi connectivity index (χ0) is 13.7. The van der Waals surface area contributed by atoms with Gasteiger partial charge in [-0.2, -0.15) is 0 Å². The maximum atomic E-state index is 11.2. The molecule has 1 unspecified atom stereocenters. The van der Waals surface area contributed by atoms with Crippen molar-refractivity contribution < 1.29 is 4.79 Å². The van der Waals surface area contributed by atoms with E-state index in [4.69, 9.17) is 5.73 Å². The average molecular weight is 263 g/mol. The summed E-state index contributed by atoms with van der Waals surface area (Å²) in [4.78, 5) is 22.1. The topological polar surface area (TPSA) is 84.1 Å². The molecule has 104 valence electrons. The Morgan fingerprint density at radius 3 is 3.00 bits per heavy atom. The van der Waals surface area contributed by atoms with Gasteiger partial charge in [-0.25, -0.2) is 4.98 Å². The van der Waals surface area contributed by atoms with Gasteiger partial charge >= 0.3 is 0 Å². The van der Waals surface area contributed by atoms with Crippen molar-refractivity contribution in [3.63, 3.8) is 0 Å². The van der Waals surface area contributed by atoms with Gasteiger partial charge in [-0.3, -0.25) is 14.7 Å². The maximum Gasteiger partial charge on any atom is 0.221 e. The molecule has 1 atom stereocenters. The first-order chi connectivity index (χ1) is 9.19. The smallest absolute Gasteiger partial charge is 0.221 e. The van der Waals surface area contributed by atoms with Gasteiger partial charge in [0.1, 0.15) is 5.82 Å². The van der Waals surface area contributed by atoms with Crippen LogP contribution in [0.15, 0.2) is 12.4 Å². The van der Waals surface area contributed by atoms with Crippen molar-refractivity contribution in [2.45, 2.75) is 26.3 Å². The fraction of sp³-hybridized carbons (Fsp3) is 0.615. The third-order valence-electron chi connectivity index (χ3n) is 3.36. The van der Waals surface area contributed by atoms with Crippen molar-refractivity contribution in [3.8, 4) is 0 Å². The van der Waals surface area contributed by atoms with Gasteiger partial charge in [0.15, 0.2) is 0 Å². The summed E-state index contributed by atoms with van der Waals surface area (Å²) in [7, 11) is 0. The number of hydrogen-bond donors (Lipinski definition) is 2. The quantitative estimate of drug-likeness (QED) is 0.813. The van der Waals surface area contributed by atoms with E-state index in [1.807, 2.05) is 6.92 Å². The molecule has 1 saturated heterocycles. The summed E-state index contributed by atoms with van der Waals surface area (Å²) in [5.74, 6) is 0.570. The molecular weight excluding hydrogens is 242 g/mol. The highest BCUT2D eigenvalue weighted by Crippen LogP contribution is 2.17. The summed E-state index contributed by atoms with van der Waals surface area (Å²) < 4.78 is 0. The molecule has 6 nitrogen and oxygen atoms in total. The molecule has 6 heteroatoms. The number of carbonyl (C=O) groups is 1. The van der Waals surface area contributed by atoms with E-state index in [2.05, 4.69) is 20.2 Å². The highest BCUT2D eigenvalue weighted by atomic mass is 16.1. The number of hydrogen-bond acceptors (Lipinski definition) is 5. The lowest BCUT2D eigenvalue weighted by Gasteiger charge is -2.30. The SMILES string of the molecule is CCNc1cnc(CN2CCCC(C(N)=O)C2)cn1. The molecule has 2 heterocycles. The second kappa shape index (κ2) is 6.47. The number of nitrogens with one attached hydrogen (secondary N) is 1. The summed E-state index contributed by atoms with van der Waals surface area (Å²) >= 11 is 0. The van der Waals surface area contributed by atoms with Crippen LogP contribution in [-0.2, 0) is 11.3 Å². The van der Waals surface area contributed by atoms with Crippen molar-refractivity contribution in [1.82, 2.24) is 14.9 Å². The molecule has 1 aromatic heterocycles.